The van der Waals surface area contributed by atoms with Crippen molar-refractivity contribution in [1.82, 2.24) is 10.3 Å². The van der Waals surface area contributed by atoms with E-state index >= 15 is 0 Å². The lowest BCUT2D eigenvalue weighted by molar-refractivity contribution is 0.0834. The predicted molar refractivity (Wildman–Crippen MR) is 63.7 cm³/mol. The summed E-state index contributed by atoms with van der Waals surface area (Å²) in [5.41, 5.74) is 1.08. The van der Waals surface area contributed by atoms with Gasteiger partial charge >= 0.3 is 0 Å². The highest BCUT2D eigenvalue weighted by Gasteiger charge is 2.18. The van der Waals surface area contributed by atoms with E-state index in [-0.39, 0.29) is 12.1 Å². The zero-order valence-electron chi connectivity index (χ0n) is 10.4. The molecule has 0 bridgehead atoms. The number of hydrogen-bond donors (Lipinski definition) is 1. The Hall–Kier alpha value is -1.13. The van der Waals surface area contributed by atoms with E-state index in [1.165, 1.54) is 0 Å². The zero-order chi connectivity index (χ0) is 12.0. The van der Waals surface area contributed by atoms with Gasteiger partial charge in [-0.1, -0.05) is 6.92 Å². The van der Waals surface area contributed by atoms with Gasteiger partial charge in [0.1, 0.15) is 5.75 Å². The summed E-state index contributed by atoms with van der Waals surface area (Å²) in [4.78, 5) is 4.15. The minimum Gasteiger partial charge on any atom is -0.495 e. The molecule has 0 spiro atoms. The van der Waals surface area contributed by atoms with Crippen LogP contribution in [0, 0.1) is 0 Å². The van der Waals surface area contributed by atoms with Gasteiger partial charge in [-0.2, -0.15) is 0 Å². The lowest BCUT2D eigenvalue weighted by Crippen LogP contribution is -2.31. The Morgan fingerprint density at radius 1 is 1.38 bits per heavy atom. The number of aromatic nitrogens is 1. The molecule has 4 heteroatoms. The summed E-state index contributed by atoms with van der Waals surface area (Å²) in [6.07, 6.45) is 3.63. The highest BCUT2D eigenvalue weighted by molar-refractivity contribution is 5.26. The monoisotopic (exact) mass is 224 g/mol. The fourth-order valence-corrected chi connectivity index (χ4v) is 1.63. The molecule has 90 valence electrons. The summed E-state index contributed by atoms with van der Waals surface area (Å²) >= 11 is 0. The van der Waals surface area contributed by atoms with Crippen LogP contribution in [0.3, 0.4) is 0 Å². The molecular weight excluding hydrogens is 204 g/mol. The van der Waals surface area contributed by atoms with Gasteiger partial charge in [0.2, 0.25) is 0 Å². The summed E-state index contributed by atoms with van der Waals surface area (Å²) in [6.45, 7) is 4.99. The molecule has 2 unspecified atom stereocenters. The first-order chi connectivity index (χ1) is 7.72. The van der Waals surface area contributed by atoms with Gasteiger partial charge in [0, 0.05) is 13.3 Å². The number of hydrogen-bond acceptors (Lipinski definition) is 4. The number of nitrogens with one attached hydrogen (secondary N) is 1. The third-order valence-corrected chi connectivity index (χ3v) is 2.59. The van der Waals surface area contributed by atoms with Gasteiger partial charge in [0.15, 0.2) is 0 Å². The Balaban J connectivity index is 2.90. The standard InChI is InChI=1S/C12H20N2O2/c1-5-14-12(9(2)15-3)10-6-11(16-4)8-13-7-10/h6-9,12,14H,5H2,1-4H3. The van der Waals surface area contributed by atoms with E-state index in [1.807, 2.05) is 19.2 Å². The molecule has 2 atom stereocenters. The van der Waals surface area contributed by atoms with Crippen molar-refractivity contribution in [3.8, 4) is 5.75 Å². The minimum atomic E-state index is 0.0915. The number of nitrogens with zero attached hydrogens (tertiary/aromatic N) is 1. The first-order valence-electron chi connectivity index (χ1n) is 5.48. The molecule has 1 N–H and O–H groups in total. The molecule has 0 radical (unpaired) electrons. The summed E-state index contributed by atoms with van der Waals surface area (Å²) in [7, 11) is 3.35. The van der Waals surface area contributed by atoms with Gasteiger partial charge in [-0.3, -0.25) is 4.98 Å². The Labute approximate surface area is 97.0 Å². The Bertz CT molecular complexity index is 318. The Kier molecular flexibility index (Phi) is 5.22. The average molecular weight is 224 g/mol. The van der Waals surface area contributed by atoms with Crippen molar-refractivity contribution in [3.63, 3.8) is 0 Å². The summed E-state index contributed by atoms with van der Waals surface area (Å²) < 4.78 is 10.5. The first-order valence-corrected chi connectivity index (χ1v) is 5.48. The minimum absolute atomic E-state index is 0.0915. The molecule has 0 aliphatic rings. The van der Waals surface area contributed by atoms with Crippen LogP contribution in [0.1, 0.15) is 25.5 Å². The number of likely N-dealkylation sites (N-methyl/N-ethyl adjacent to an activating group) is 1. The molecule has 0 saturated carbocycles. The quantitative estimate of drug-likeness (QED) is 0.800. The Morgan fingerprint density at radius 2 is 2.12 bits per heavy atom. The Morgan fingerprint density at radius 3 is 2.69 bits per heavy atom. The SMILES string of the molecule is CCNC(c1cncc(OC)c1)C(C)OC. The lowest BCUT2D eigenvalue weighted by Gasteiger charge is -2.24. The molecule has 1 heterocycles. The highest BCUT2D eigenvalue weighted by Crippen LogP contribution is 2.21. The fourth-order valence-electron chi connectivity index (χ4n) is 1.63. The van der Waals surface area contributed by atoms with Crippen LogP contribution in [0.15, 0.2) is 18.5 Å². The van der Waals surface area contributed by atoms with Crippen LogP contribution in [-0.4, -0.2) is 31.9 Å². The molecule has 0 aliphatic heterocycles. The number of pyridine rings is 1. The van der Waals surface area contributed by atoms with Crippen molar-refractivity contribution in [2.24, 2.45) is 0 Å². The molecular formula is C12H20N2O2. The van der Waals surface area contributed by atoms with E-state index in [0.717, 1.165) is 17.9 Å². The first kappa shape index (κ1) is 12.9. The molecule has 1 rings (SSSR count). The van der Waals surface area contributed by atoms with Crippen LogP contribution in [-0.2, 0) is 4.74 Å². The van der Waals surface area contributed by atoms with E-state index in [9.17, 15) is 0 Å². The molecule has 1 aromatic heterocycles. The van der Waals surface area contributed by atoms with E-state index < -0.39 is 0 Å². The normalized spacial score (nSPS) is 14.5. The van der Waals surface area contributed by atoms with E-state index in [2.05, 4.69) is 17.2 Å². The van der Waals surface area contributed by atoms with Gasteiger partial charge in [0.25, 0.3) is 0 Å². The van der Waals surface area contributed by atoms with Crippen molar-refractivity contribution in [1.29, 1.82) is 0 Å². The summed E-state index contributed by atoms with van der Waals surface area (Å²) in [5, 5.41) is 3.38. The predicted octanol–water partition coefficient (Wildman–Crippen LogP) is 1.78. The van der Waals surface area contributed by atoms with Gasteiger partial charge in [-0.05, 0) is 25.1 Å². The topological polar surface area (TPSA) is 43.4 Å². The molecule has 1 aromatic rings. The van der Waals surface area contributed by atoms with Crippen LogP contribution in [0.5, 0.6) is 5.75 Å². The molecule has 0 amide bonds. The lowest BCUT2D eigenvalue weighted by atomic mass is 10.0. The molecule has 0 aromatic carbocycles. The maximum absolute atomic E-state index is 5.36. The maximum Gasteiger partial charge on any atom is 0.137 e. The fraction of sp³-hybridized carbons (Fsp3) is 0.583. The van der Waals surface area contributed by atoms with Crippen LogP contribution in [0.4, 0.5) is 0 Å². The number of methoxy groups -OCH3 is 2. The van der Waals surface area contributed by atoms with Crippen LogP contribution in [0.2, 0.25) is 0 Å². The molecule has 0 aliphatic carbocycles. The number of rotatable bonds is 6. The van der Waals surface area contributed by atoms with Crippen molar-refractivity contribution in [2.45, 2.75) is 26.0 Å². The second-order valence-corrected chi connectivity index (χ2v) is 3.63. The van der Waals surface area contributed by atoms with Gasteiger partial charge in [-0.25, -0.2) is 0 Å². The van der Waals surface area contributed by atoms with Crippen molar-refractivity contribution >= 4 is 0 Å². The molecule has 4 nitrogen and oxygen atoms in total. The van der Waals surface area contributed by atoms with Gasteiger partial charge < -0.3 is 14.8 Å². The van der Waals surface area contributed by atoms with Crippen molar-refractivity contribution in [2.75, 3.05) is 20.8 Å². The van der Waals surface area contributed by atoms with Crippen molar-refractivity contribution < 1.29 is 9.47 Å². The van der Waals surface area contributed by atoms with E-state index in [4.69, 9.17) is 9.47 Å². The molecule has 0 fully saturated rings. The molecule has 0 saturated heterocycles. The van der Waals surface area contributed by atoms with E-state index in [0.29, 0.717) is 0 Å². The second kappa shape index (κ2) is 6.45. The largest absolute Gasteiger partial charge is 0.495 e. The van der Waals surface area contributed by atoms with Crippen LogP contribution < -0.4 is 10.1 Å². The zero-order valence-corrected chi connectivity index (χ0v) is 10.4. The average Bonchev–Trinajstić information content (AvgIpc) is 2.35. The van der Waals surface area contributed by atoms with Crippen molar-refractivity contribution in [3.05, 3.63) is 24.0 Å². The maximum atomic E-state index is 5.36. The smallest absolute Gasteiger partial charge is 0.137 e. The van der Waals surface area contributed by atoms with Gasteiger partial charge in [-0.15, -0.1) is 0 Å². The second-order valence-electron chi connectivity index (χ2n) is 3.63. The summed E-state index contributed by atoms with van der Waals surface area (Å²) in [5.74, 6) is 0.767. The third-order valence-electron chi connectivity index (χ3n) is 2.59. The summed E-state index contributed by atoms with van der Waals surface area (Å²) in [6, 6.07) is 2.12. The van der Waals surface area contributed by atoms with E-state index in [1.54, 1.807) is 20.4 Å². The number of ether oxygens (including phenoxy) is 2. The van der Waals surface area contributed by atoms with Gasteiger partial charge in [0.05, 0.1) is 25.5 Å². The highest BCUT2D eigenvalue weighted by atomic mass is 16.5. The van der Waals surface area contributed by atoms with Crippen LogP contribution in [0.25, 0.3) is 0 Å². The van der Waals surface area contributed by atoms with Crippen LogP contribution >= 0.6 is 0 Å². The molecule has 16 heavy (non-hydrogen) atoms. The third kappa shape index (κ3) is 3.18.